The van der Waals surface area contributed by atoms with Gasteiger partial charge in [-0.1, -0.05) is 0 Å². The number of alkyl carbamates (subject to hydrolysis) is 1. The van der Waals surface area contributed by atoms with Crippen LogP contribution < -0.4 is 10.6 Å². The zero-order valence-corrected chi connectivity index (χ0v) is 16.6. The molecule has 140 valence electrons. The maximum Gasteiger partial charge on any atom is 0.407 e. The third kappa shape index (κ3) is 6.19. The van der Waals surface area contributed by atoms with Gasteiger partial charge >= 0.3 is 6.09 Å². The molecule has 2 heterocycles. The van der Waals surface area contributed by atoms with Crippen LogP contribution in [0.4, 0.5) is 4.79 Å². The summed E-state index contributed by atoms with van der Waals surface area (Å²) in [6.45, 7) is 12.7. The predicted molar refractivity (Wildman–Crippen MR) is 101 cm³/mol. The van der Waals surface area contributed by atoms with Gasteiger partial charge in [0.25, 0.3) is 0 Å². The van der Waals surface area contributed by atoms with E-state index in [4.69, 9.17) is 9.73 Å². The number of hydrogen-bond donors (Lipinski definition) is 2. The number of guanidine groups is 1. The van der Waals surface area contributed by atoms with E-state index in [9.17, 15) is 4.79 Å². The Kier molecular flexibility index (Phi) is 6.64. The summed E-state index contributed by atoms with van der Waals surface area (Å²) in [5, 5.41) is 6.28. The fourth-order valence-corrected chi connectivity index (χ4v) is 3.30. The van der Waals surface area contributed by atoms with Gasteiger partial charge in [-0.05, 0) is 41.0 Å². The Morgan fingerprint density at radius 3 is 2.88 bits per heavy atom. The van der Waals surface area contributed by atoms with E-state index in [0.29, 0.717) is 6.54 Å². The van der Waals surface area contributed by atoms with Crippen molar-refractivity contribution in [2.45, 2.75) is 59.2 Å². The number of carbonyl (C=O) groups is 1. The monoisotopic (exact) mass is 367 g/mol. The molecule has 0 saturated carbocycles. The van der Waals surface area contributed by atoms with E-state index in [0.717, 1.165) is 37.7 Å². The lowest BCUT2D eigenvalue weighted by molar-refractivity contribution is 0.0507. The van der Waals surface area contributed by atoms with Gasteiger partial charge in [-0.2, -0.15) is 0 Å². The number of aromatic nitrogens is 1. The lowest BCUT2D eigenvalue weighted by Crippen LogP contribution is -2.44. The van der Waals surface area contributed by atoms with Crippen LogP contribution in [0.3, 0.4) is 0 Å². The van der Waals surface area contributed by atoms with Gasteiger partial charge in [0.1, 0.15) is 5.60 Å². The minimum Gasteiger partial charge on any atom is -0.444 e. The second-order valence-electron chi connectivity index (χ2n) is 7.11. The Balaban J connectivity index is 1.92. The summed E-state index contributed by atoms with van der Waals surface area (Å²) >= 11 is 1.63. The van der Waals surface area contributed by atoms with Crippen molar-refractivity contribution in [2.24, 2.45) is 4.99 Å². The molecule has 1 aromatic rings. The van der Waals surface area contributed by atoms with Gasteiger partial charge in [0.15, 0.2) is 5.96 Å². The maximum atomic E-state index is 11.9. The third-order valence-corrected chi connectivity index (χ3v) is 4.68. The number of likely N-dealkylation sites (tertiary alicyclic amines) is 1. The molecule has 1 aliphatic rings. The molecule has 1 fully saturated rings. The van der Waals surface area contributed by atoms with Crippen LogP contribution in [0.1, 0.15) is 44.7 Å². The molecule has 1 atom stereocenters. The fraction of sp³-hybridized carbons (Fsp3) is 0.706. The number of amides is 1. The minimum absolute atomic E-state index is 0.0730. The van der Waals surface area contributed by atoms with Gasteiger partial charge < -0.3 is 20.3 Å². The molecule has 1 unspecified atom stereocenters. The summed E-state index contributed by atoms with van der Waals surface area (Å²) < 4.78 is 5.33. The van der Waals surface area contributed by atoms with Crippen molar-refractivity contribution >= 4 is 23.4 Å². The summed E-state index contributed by atoms with van der Waals surface area (Å²) in [6.07, 6.45) is 0.519. The van der Waals surface area contributed by atoms with Gasteiger partial charge in [0, 0.05) is 24.5 Å². The minimum atomic E-state index is -0.481. The number of thiazole rings is 1. The molecular formula is C17H29N5O2S. The van der Waals surface area contributed by atoms with Crippen molar-refractivity contribution < 1.29 is 9.53 Å². The highest BCUT2D eigenvalue weighted by atomic mass is 32.1. The zero-order chi connectivity index (χ0) is 18.4. The highest BCUT2D eigenvalue weighted by Gasteiger charge is 2.27. The smallest absolute Gasteiger partial charge is 0.407 e. The van der Waals surface area contributed by atoms with Crippen molar-refractivity contribution in [1.29, 1.82) is 0 Å². The van der Waals surface area contributed by atoms with E-state index in [1.54, 1.807) is 11.3 Å². The quantitative estimate of drug-likeness (QED) is 0.631. The lowest BCUT2D eigenvalue weighted by atomic mass is 10.2. The van der Waals surface area contributed by atoms with E-state index in [1.165, 1.54) is 4.88 Å². The molecule has 0 aromatic carbocycles. The molecular weight excluding hydrogens is 338 g/mol. The molecule has 2 N–H and O–H groups in total. The first kappa shape index (κ1) is 19.5. The van der Waals surface area contributed by atoms with Crippen LogP contribution in [0.5, 0.6) is 0 Å². The molecule has 1 aliphatic heterocycles. The summed E-state index contributed by atoms with van der Waals surface area (Å²) in [5.74, 6) is 0.879. The van der Waals surface area contributed by atoms with Crippen LogP contribution >= 0.6 is 11.3 Å². The van der Waals surface area contributed by atoms with Crippen LogP contribution in [-0.2, 0) is 11.3 Å². The Bertz CT molecular complexity index is 608. The van der Waals surface area contributed by atoms with Crippen molar-refractivity contribution in [1.82, 2.24) is 20.5 Å². The molecule has 1 aromatic heterocycles. The molecule has 0 aliphatic carbocycles. The maximum absolute atomic E-state index is 11.9. The van der Waals surface area contributed by atoms with E-state index < -0.39 is 5.60 Å². The highest BCUT2D eigenvalue weighted by Crippen LogP contribution is 2.15. The predicted octanol–water partition coefficient (Wildman–Crippen LogP) is 2.52. The SMILES string of the molecule is CCNC(=NCc1scnc1C)N1CCC(NC(=O)OC(C)(C)C)C1. The third-order valence-electron chi connectivity index (χ3n) is 3.76. The number of hydrogen-bond acceptors (Lipinski definition) is 5. The number of aryl methyl sites for hydroxylation is 1. The molecule has 1 amide bonds. The van der Waals surface area contributed by atoms with E-state index >= 15 is 0 Å². The first-order valence-electron chi connectivity index (χ1n) is 8.70. The Hall–Kier alpha value is -1.83. The van der Waals surface area contributed by atoms with Gasteiger partial charge in [0.2, 0.25) is 0 Å². The number of rotatable bonds is 4. The highest BCUT2D eigenvalue weighted by molar-refractivity contribution is 7.09. The lowest BCUT2D eigenvalue weighted by Gasteiger charge is -2.23. The summed E-state index contributed by atoms with van der Waals surface area (Å²) in [6, 6.07) is 0.0730. The van der Waals surface area contributed by atoms with Crippen LogP contribution in [0.25, 0.3) is 0 Å². The fourth-order valence-electron chi connectivity index (χ4n) is 2.60. The molecule has 25 heavy (non-hydrogen) atoms. The molecule has 8 heteroatoms. The molecule has 7 nitrogen and oxygen atoms in total. The Labute approximate surface area is 153 Å². The van der Waals surface area contributed by atoms with Crippen molar-refractivity contribution in [3.8, 4) is 0 Å². The van der Waals surface area contributed by atoms with Gasteiger partial charge in [0.05, 0.1) is 23.8 Å². The molecule has 2 rings (SSSR count). The van der Waals surface area contributed by atoms with Crippen LogP contribution in [0.15, 0.2) is 10.5 Å². The van der Waals surface area contributed by atoms with E-state index in [1.807, 2.05) is 33.2 Å². The van der Waals surface area contributed by atoms with E-state index in [-0.39, 0.29) is 12.1 Å². The summed E-state index contributed by atoms with van der Waals surface area (Å²) in [4.78, 5) is 24.3. The average Bonchev–Trinajstić information content (AvgIpc) is 3.11. The number of nitrogens with one attached hydrogen (secondary N) is 2. The number of nitrogens with zero attached hydrogens (tertiary/aromatic N) is 3. The van der Waals surface area contributed by atoms with Crippen LogP contribution in [-0.4, -0.2) is 53.2 Å². The second-order valence-corrected chi connectivity index (χ2v) is 8.05. The number of carbonyl (C=O) groups excluding carboxylic acids is 1. The van der Waals surface area contributed by atoms with Gasteiger partial charge in [-0.15, -0.1) is 11.3 Å². The summed E-state index contributed by atoms with van der Waals surface area (Å²) in [5.41, 5.74) is 2.41. The van der Waals surface area contributed by atoms with Crippen molar-refractivity contribution in [2.75, 3.05) is 19.6 Å². The average molecular weight is 368 g/mol. The topological polar surface area (TPSA) is 78.9 Å². The first-order chi connectivity index (χ1) is 11.8. The molecule has 0 bridgehead atoms. The van der Waals surface area contributed by atoms with Crippen LogP contribution in [0, 0.1) is 6.92 Å². The molecule has 0 radical (unpaired) electrons. The Morgan fingerprint density at radius 2 is 2.28 bits per heavy atom. The van der Waals surface area contributed by atoms with Gasteiger partial charge in [-0.3, -0.25) is 0 Å². The normalized spacial score (nSPS) is 18.4. The molecule has 1 saturated heterocycles. The molecule has 0 spiro atoms. The number of aliphatic imine (C=N–C) groups is 1. The first-order valence-corrected chi connectivity index (χ1v) is 9.58. The van der Waals surface area contributed by atoms with Crippen LogP contribution in [0.2, 0.25) is 0 Å². The standard InChI is InChI=1S/C17H29N5O2S/c1-6-18-15(19-9-14-12(2)20-11-25-14)22-8-7-13(10-22)21-16(23)24-17(3,4)5/h11,13H,6-10H2,1-5H3,(H,18,19)(H,21,23). The Morgan fingerprint density at radius 1 is 1.52 bits per heavy atom. The largest absolute Gasteiger partial charge is 0.444 e. The van der Waals surface area contributed by atoms with E-state index in [2.05, 4.69) is 27.4 Å². The summed E-state index contributed by atoms with van der Waals surface area (Å²) in [7, 11) is 0. The second kappa shape index (κ2) is 8.51. The van der Waals surface area contributed by atoms with Crippen molar-refractivity contribution in [3.63, 3.8) is 0 Å². The van der Waals surface area contributed by atoms with Crippen molar-refractivity contribution in [3.05, 3.63) is 16.1 Å². The zero-order valence-electron chi connectivity index (χ0n) is 15.8. The number of ether oxygens (including phenoxy) is 1. The van der Waals surface area contributed by atoms with Gasteiger partial charge in [-0.25, -0.2) is 14.8 Å².